The molecule has 86 valence electrons. The van der Waals surface area contributed by atoms with Crippen LogP contribution in [-0.2, 0) is 0 Å². The molecular formula is C17H18. The monoisotopic (exact) mass is 222 g/mol. The van der Waals surface area contributed by atoms with Crippen LogP contribution in [0.1, 0.15) is 30.9 Å². The third kappa shape index (κ3) is 1.13. The van der Waals surface area contributed by atoms with Gasteiger partial charge >= 0.3 is 0 Å². The Kier molecular flexibility index (Phi) is 2.01. The molecule has 0 nitrogen and oxygen atoms in total. The standard InChI is InChI=1S/C17H18/c1-5-17-12(4)16(17)14-9-7-6-8-13(14)10-15(17)11(2)3/h5-10,12,16H,1-2H2,3-4H3. The van der Waals surface area contributed by atoms with Gasteiger partial charge in [-0.1, -0.05) is 55.5 Å². The van der Waals surface area contributed by atoms with Crippen molar-refractivity contribution < 1.29 is 0 Å². The van der Waals surface area contributed by atoms with E-state index in [0.717, 1.165) is 0 Å². The molecule has 0 radical (unpaired) electrons. The summed E-state index contributed by atoms with van der Waals surface area (Å²) in [6.07, 6.45) is 4.44. The second-order valence-corrected chi connectivity index (χ2v) is 5.37. The fraction of sp³-hybridized carbons (Fsp3) is 0.294. The molecule has 1 fully saturated rings. The predicted octanol–water partition coefficient (Wildman–Crippen LogP) is 4.57. The van der Waals surface area contributed by atoms with E-state index < -0.39 is 0 Å². The van der Waals surface area contributed by atoms with Crippen LogP contribution in [0.3, 0.4) is 0 Å². The van der Waals surface area contributed by atoms with Gasteiger partial charge in [-0.05, 0) is 29.5 Å². The molecule has 0 N–H and O–H groups in total. The van der Waals surface area contributed by atoms with Crippen molar-refractivity contribution in [2.75, 3.05) is 0 Å². The fourth-order valence-electron chi connectivity index (χ4n) is 3.65. The minimum atomic E-state index is 0.153. The summed E-state index contributed by atoms with van der Waals surface area (Å²) in [5.41, 5.74) is 5.54. The van der Waals surface area contributed by atoms with Crippen LogP contribution in [0.5, 0.6) is 0 Å². The molecule has 1 aromatic carbocycles. The topological polar surface area (TPSA) is 0 Å². The lowest BCUT2D eigenvalue weighted by Crippen LogP contribution is -2.10. The first kappa shape index (κ1) is 10.6. The molecule has 1 aromatic rings. The Bertz CT molecular complexity index is 547. The quantitative estimate of drug-likeness (QED) is 0.643. The zero-order chi connectivity index (χ0) is 12.2. The molecule has 0 amide bonds. The third-order valence-electron chi connectivity index (χ3n) is 4.55. The number of rotatable bonds is 2. The van der Waals surface area contributed by atoms with Crippen molar-refractivity contribution in [3.63, 3.8) is 0 Å². The largest absolute Gasteiger partial charge is 0.102 e. The average Bonchev–Trinajstić information content (AvgIpc) is 2.95. The molecular weight excluding hydrogens is 204 g/mol. The lowest BCUT2D eigenvalue weighted by molar-refractivity contribution is 0.700. The van der Waals surface area contributed by atoms with Crippen LogP contribution in [0.2, 0.25) is 0 Å². The summed E-state index contributed by atoms with van der Waals surface area (Å²) >= 11 is 0. The maximum absolute atomic E-state index is 4.14. The van der Waals surface area contributed by atoms with Gasteiger partial charge in [-0.25, -0.2) is 0 Å². The fourth-order valence-corrected chi connectivity index (χ4v) is 3.65. The summed E-state index contributed by atoms with van der Waals surface area (Å²) in [5, 5.41) is 0. The van der Waals surface area contributed by atoms with E-state index in [4.69, 9.17) is 0 Å². The molecule has 0 aliphatic heterocycles. The van der Waals surface area contributed by atoms with Crippen LogP contribution in [0, 0.1) is 11.3 Å². The third-order valence-corrected chi connectivity index (χ3v) is 4.55. The van der Waals surface area contributed by atoms with Gasteiger partial charge in [0.2, 0.25) is 0 Å². The highest BCUT2D eigenvalue weighted by atomic mass is 14.7. The van der Waals surface area contributed by atoms with Crippen LogP contribution in [0.15, 0.2) is 54.6 Å². The molecule has 3 rings (SSSR count). The van der Waals surface area contributed by atoms with Gasteiger partial charge in [0, 0.05) is 11.3 Å². The van der Waals surface area contributed by atoms with Crippen molar-refractivity contribution in [3.8, 4) is 0 Å². The van der Waals surface area contributed by atoms with Crippen LogP contribution in [0.25, 0.3) is 6.08 Å². The Morgan fingerprint density at radius 2 is 2.06 bits per heavy atom. The first-order valence-electron chi connectivity index (χ1n) is 6.23. The molecule has 0 saturated heterocycles. The highest BCUT2D eigenvalue weighted by Gasteiger charge is 2.64. The zero-order valence-corrected chi connectivity index (χ0v) is 10.5. The molecule has 3 atom stereocenters. The Morgan fingerprint density at radius 1 is 1.35 bits per heavy atom. The van der Waals surface area contributed by atoms with Gasteiger partial charge in [-0.3, -0.25) is 0 Å². The Labute approximate surface area is 103 Å². The lowest BCUT2D eigenvalue weighted by atomic mass is 9.80. The van der Waals surface area contributed by atoms with Gasteiger partial charge in [-0.2, -0.15) is 0 Å². The average molecular weight is 222 g/mol. The number of benzene rings is 1. The van der Waals surface area contributed by atoms with Gasteiger partial charge in [0.25, 0.3) is 0 Å². The normalized spacial score (nSPS) is 33.2. The van der Waals surface area contributed by atoms with E-state index in [1.807, 2.05) is 0 Å². The smallest absolute Gasteiger partial charge is 0.0236 e. The Balaban J connectivity index is 2.26. The van der Waals surface area contributed by atoms with Crippen LogP contribution >= 0.6 is 0 Å². The molecule has 17 heavy (non-hydrogen) atoms. The Hall–Kier alpha value is -1.56. The molecule has 2 aliphatic rings. The highest BCUT2D eigenvalue weighted by Crippen LogP contribution is 2.72. The van der Waals surface area contributed by atoms with Crippen molar-refractivity contribution in [3.05, 3.63) is 65.8 Å². The van der Waals surface area contributed by atoms with E-state index in [1.54, 1.807) is 0 Å². The van der Waals surface area contributed by atoms with Crippen molar-refractivity contribution in [2.45, 2.75) is 19.8 Å². The summed E-state index contributed by atoms with van der Waals surface area (Å²) < 4.78 is 0. The minimum Gasteiger partial charge on any atom is -0.102 e. The van der Waals surface area contributed by atoms with Crippen molar-refractivity contribution in [2.24, 2.45) is 11.3 Å². The van der Waals surface area contributed by atoms with E-state index in [2.05, 4.69) is 63.4 Å². The van der Waals surface area contributed by atoms with Crippen LogP contribution in [0.4, 0.5) is 0 Å². The molecule has 0 heterocycles. The predicted molar refractivity (Wildman–Crippen MR) is 73.8 cm³/mol. The molecule has 2 aliphatic carbocycles. The lowest BCUT2D eigenvalue weighted by Gasteiger charge is -2.24. The van der Waals surface area contributed by atoms with Crippen molar-refractivity contribution in [1.82, 2.24) is 0 Å². The zero-order valence-electron chi connectivity index (χ0n) is 10.5. The first-order valence-corrected chi connectivity index (χ1v) is 6.23. The highest BCUT2D eigenvalue weighted by molar-refractivity contribution is 5.73. The second kappa shape index (κ2) is 3.22. The van der Waals surface area contributed by atoms with Crippen LogP contribution < -0.4 is 0 Å². The Morgan fingerprint density at radius 3 is 2.71 bits per heavy atom. The van der Waals surface area contributed by atoms with Crippen molar-refractivity contribution >= 4 is 6.08 Å². The number of allylic oxidation sites excluding steroid dienone is 3. The van der Waals surface area contributed by atoms with Gasteiger partial charge < -0.3 is 0 Å². The summed E-state index contributed by atoms with van der Waals surface area (Å²) in [6, 6.07) is 8.71. The van der Waals surface area contributed by atoms with E-state index in [0.29, 0.717) is 11.8 Å². The molecule has 0 heteroatoms. The summed E-state index contributed by atoms with van der Waals surface area (Å²) in [4.78, 5) is 0. The number of fused-ring (bicyclic) bond motifs is 3. The van der Waals surface area contributed by atoms with E-state index in [-0.39, 0.29) is 5.41 Å². The van der Waals surface area contributed by atoms with E-state index in [9.17, 15) is 0 Å². The van der Waals surface area contributed by atoms with Gasteiger partial charge in [0.15, 0.2) is 0 Å². The van der Waals surface area contributed by atoms with Crippen molar-refractivity contribution in [1.29, 1.82) is 0 Å². The molecule has 1 saturated carbocycles. The van der Waals surface area contributed by atoms with Gasteiger partial charge in [0.05, 0.1) is 0 Å². The number of hydrogen-bond acceptors (Lipinski definition) is 0. The van der Waals surface area contributed by atoms with Gasteiger partial charge in [-0.15, -0.1) is 6.58 Å². The van der Waals surface area contributed by atoms with E-state index >= 15 is 0 Å². The maximum atomic E-state index is 4.14. The van der Waals surface area contributed by atoms with Crippen LogP contribution in [-0.4, -0.2) is 0 Å². The van der Waals surface area contributed by atoms with Gasteiger partial charge in [0.1, 0.15) is 0 Å². The summed E-state index contributed by atoms with van der Waals surface area (Å²) in [6.45, 7) is 12.6. The maximum Gasteiger partial charge on any atom is 0.0236 e. The molecule has 0 spiro atoms. The molecule has 3 unspecified atom stereocenters. The molecule has 0 bridgehead atoms. The SMILES string of the molecule is C=CC12C(C(=C)C)=Cc3ccccc3C1C2C. The minimum absolute atomic E-state index is 0.153. The van der Waals surface area contributed by atoms with E-state index in [1.165, 1.54) is 22.3 Å². The molecule has 0 aromatic heterocycles. The summed E-state index contributed by atoms with van der Waals surface area (Å²) in [5.74, 6) is 1.25. The number of hydrogen-bond donors (Lipinski definition) is 0. The second-order valence-electron chi connectivity index (χ2n) is 5.37. The summed E-state index contributed by atoms with van der Waals surface area (Å²) in [7, 11) is 0. The first-order chi connectivity index (χ1) is 8.13.